The minimum atomic E-state index is -0.194. The molecule has 0 atom stereocenters. The van der Waals surface area contributed by atoms with Crippen molar-refractivity contribution in [1.29, 1.82) is 0 Å². The molecule has 3 aromatic carbocycles. The topological polar surface area (TPSA) is 38.3 Å². The molecule has 0 saturated carbocycles. The number of carbonyl (C=O) groups excluding carboxylic acids is 1. The molecule has 3 rings (SSSR count). The Kier molecular flexibility index (Phi) is 5.36. The highest BCUT2D eigenvalue weighted by Gasteiger charge is 2.12. The van der Waals surface area contributed by atoms with Crippen molar-refractivity contribution in [2.24, 2.45) is 0 Å². The Morgan fingerprint density at radius 1 is 0.960 bits per heavy atom. The minimum absolute atomic E-state index is 0.194. The van der Waals surface area contributed by atoms with E-state index in [0.717, 1.165) is 11.1 Å². The highest BCUT2D eigenvalue weighted by atomic mass is 35.5. The zero-order valence-corrected chi connectivity index (χ0v) is 14.6. The Labute approximate surface area is 152 Å². The van der Waals surface area contributed by atoms with E-state index in [1.165, 1.54) is 12.7 Å². The molecule has 3 nitrogen and oxygen atoms in total. The Balaban J connectivity index is 1.67. The quantitative estimate of drug-likeness (QED) is 0.706. The van der Waals surface area contributed by atoms with Crippen LogP contribution in [-0.4, -0.2) is 13.0 Å². The lowest BCUT2D eigenvalue weighted by Crippen LogP contribution is -2.23. The van der Waals surface area contributed by atoms with Gasteiger partial charge in [-0.05, 0) is 34.9 Å². The molecule has 1 amide bonds. The second-order valence-electron chi connectivity index (χ2n) is 5.59. The number of amides is 1. The Hall–Kier alpha value is -2.78. The average molecular weight is 352 g/mol. The van der Waals surface area contributed by atoms with Crippen molar-refractivity contribution in [1.82, 2.24) is 5.32 Å². The second kappa shape index (κ2) is 7.86. The van der Waals surface area contributed by atoms with E-state index < -0.39 is 0 Å². The minimum Gasteiger partial charge on any atom is -0.496 e. The fourth-order valence-corrected chi connectivity index (χ4v) is 2.74. The largest absolute Gasteiger partial charge is 0.496 e. The number of nitrogens with one attached hydrogen (secondary N) is 1. The highest BCUT2D eigenvalue weighted by molar-refractivity contribution is 6.30. The van der Waals surface area contributed by atoms with E-state index in [-0.39, 0.29) is 5.91 Å². The lowest BCUT2D eigenvalue weighted by molar-refractivity contribution is 0.0948. The Morgan fingerprint density at radius 2 is 1.64 bits per heavy atom. The van der Waals surface area contributed by atoms with E-state index in [4.69, 9.17) is 16.3 Å². The summed E-state index contributed by atoms with van der Waals surface area (Å²) in [4.78, 5) is 12.4. The van der Waals surface area contributed by atoms with Gasteiger partial charge >= 0.3 is 0 Å². The molecular formula is C21H18ClNO2. The standard InChI is InChI=1S/C21H18ClNO2/c1-25-20-13-18(22)11-12-19(20)21(24)23-14-15-7-9-17(10-8-15)16-5-3-2-4-6-16/h2-13H,14H2,1H3,(H,23,24). The molecule has 0 unspecified atom stereocenters. The van der Waals surface area contributed by atoms with Crippen LogP contribution in [0.3, 0.4) is 0 Å². The van der Waals surface area contributed by atoms with E-state index in [0.29, 0.717) is 22.9 Å². The molecule has 1 N–H and O–H groups in total. The van der Waals surface area contributed by atoms with Crippen LogP contribution in [0, 0.1) is 0 Å². The van der Waals surface area contributed by atoms with Crippen molar-refractivity contribution >= 4 is 17.5 Å². The van der Waals surface area contributed by atoms with Crippen molar-refractivity contribution < 1.29 is 9.53 Å². The van der Waals surface area contributed by atoms with Crippen molar-refractivity contribution in [3.05, 3.63) is 88.9 Å². The first-order chi connectivity index (χ1) is 12.2. The molecule has 126 valence electrons. The number of hydrogen-bond donors (Lipinski definition) is 1. The van der Waals surface area contributed by atoms with E-state index in [9.17, 15) is 4.79 Å². The van der Waals surface area contributed by atoms with Gasteiger partial charge in [-0.25, -0.2) is 0 Å². The number of carbonyl (C=O) groups is 1. The van der Waals surface area contributed by atoms with Gasteiger partial charge in [0.2, 0.25) is 0 Å². The molecule has 0 heterocycles. The molecule has 0 fully saturated rings. The van der Waals surface area contributed by atoms with Crippen molar-refractivity contribution in [2.75, 3.05) is 7.11 Å². The number of hydrogen-bond acceptors (Lipinski definition) is 2. The number of halogens is 1. The maximum Gasteiger partial charge on any atom is 0.255 e. The summed E-state index contributed by atoms with van der Waals surface area (Å²) < 4.78 is 5.22. The van der Waals surface area contributed by atoms with Crippen LogP contribution in [0.2, 0.25) is 5.02 Å². The zero-order chi connectivity index (χ0) is 17.6. The first kappa shape index (κ1) is 17.1. The van der Waals surface area contributed by atoms with E-state index >= 15 is 0 Å². The molecule has 0 radical (unpaired) electrons. The fraction of sp³-hybridized carbons (Fsp3) is 0.0952. The van der Waals surface area contributed by atoms with Crippen LogP contribution in [0.15, 0.2) is 72.8 Å². The summed E-state index contributed by atoms with van der Waals surface area (Å²) >= 11 is 5.93. The summed E-state index contributed by atoms with van der Waals surface area (Å²) in [6.07, 6.45) is 0. The third kappa shape index (κ3) is 4.20. The third-order valence-electron chi connectivity index (χ3n) is 3.92. The Bertz CT molecular complexity index is 861. The molecule has 0 aliphatic carbocycles. The van der Waals surface area contributed by atoms with Crippen LogP contribution in [0.25, 0.3) is 11.1 Å². The van der Waals surface area contributed by atoms with E-state index in [2.05, 4.69) is 29.6 Å². The summed E-state index contributed by atoms with van der Waals surface area (Å²) in [5.41, 5.74) is 3.81. The summed E-state index contributed by atoms with van der Waals surface area (Å²) in [7, 11) is 1.52. The van der Waals surface area contributed by atoms with Crippen LogP contribution >= 0.6 is 11.6 Å². The van der Waals surface area contributed by atoms with Gasteiger partial charge in [-0.3, -0.25) is 4.79 Å². The third-order valence-corrected chi connectivity index (χ3v) is 4.16. The van der Waals surface area contributed by atoms with Crippen LogP contribution < -0.4 is 10.1 Å². The normalized spacial score (nSPS) is 10.3. The van der Waals surface area contributed by atoms with Gasteiger partial charge in [0.1, 0.15) is 5.75 Å². The van der Waals surface area contributed by atoms with E-state index in [1.54, 1.807) is 18.2 Å². The SMILES string of the molecule is COc1cc(Cl)ccc1C(=O)NCc1ccc(-c2ccccc2)cc1. The summed E-state index contributed by atoms with van der Waals surface area (Å²) in [5, 5.41) is 3.44. The number of rotatable bonds is 5. The smallest absolute Gasteiger partial charge is 0.255 e. The molecular weight excluding hydrogens is 334 g/mol. The first-order valence-electron chi connectivity index (χ1n) is 7.93. The predicted octanol–water partition coefficient (Wildman–Crippen LogP) is 4.95. The predicted molar refractivity (Wildman–Crippen MR) is 101 cm³/mol. The number of benzene rings is 3. The van der Waals surface area contributed by atoms with Gasteiger partial charge in [-0.1, -0.05) is 66.2 Å². The monoisotopic (exact) mass is 351 g/mol. The van der Waals surface area contributed by atoms with Gasteiger partial charge < -0.3 is 10.1 Å². The molecule has 3 aromatic rings. The lowest BCUT2D eigenvalue weighted by atomic mass is 10.0. The number of ether oxygens (including phenoxy) is 1. The van der Waals surface area contributed by atoms with Crippen LogP contribution in [-0.2, 0) is 6.54 Å². The van der Waals surface area contributed by atoms with Crippen LogP contribution in [0.5, 0.6) is 5.75 Å². The highest BCUT2D eigenvalue weighted by Crippen LogP contribution is 2.23. The molecule has 0 aliphatic heterocycles. The van der Waals surface area contributed by atoms with Crippen molar-refractivity contribution in [3.63, 3.8) is 0 Å². The van der Waals surface area contributed by atoms with E-state index in [1.807, 2.05) is 30.3 Å². The summed E-state index contributed by atoms with van der Waals surface area (Å²) in [6.45, 7) is 0.444. The summed E-state index contributed by atoms with van der Waals surface area (Å²) in [6, 6.07) is 23.3. The van der Waals surface area contributed by atoms with Crippen molar-refractivity contribution in [2.45, 2.75) is 6.54 Å². The maximum atomic E-state index is 12.4. The lowest BCUT2D eigenvalue weighted by Gasteiger charge is -2.10. The molecule has 25 heavy (non-hydrogen) atoms. The molecule has 0 aliphatic rings. The van der Waals surface area contributed by atoms with Gasteiger partial charge in [0.15, 0.2) is 0 Å². The molecule has 0 aromatic heterocycles. The molecule has 4 heteroatoms. The summed E-state index contributed by atoms with van der Waals surface area (Å²) in [5.74, 6) is 0.269. The second-order valence-corrected chi connectivity index (χ2v) is 6.03. The van der Waals surface area contributed by atoms with Gasteiger partial charge in [0.05, 0.1) is 12.7 Å². The average Bonchev–Trinajstić information content (AvgIpc) is 2.67. The molecule has 0 saturated heterocycles. The van der Waals surface area contributed by atoms with Gasteiger partial charge in [0.25, 0.3) is 5.91 Å². The van der Waals surface area contributed by atoms with Gasteiger partial charge in [0, 0.05) is 11.6 Å². The zero-order valence-electron chi connectivity index (χ0n) is 13.8. The van der Waals surface area contributed by atoms with Gasteiger partial charge in [-0.15, -0.1) is 0 Å². The molecule has 0 bridgehead atoms. The molecule has 0 spiro atoms. The van der Waals surface area contributed by atoms with Crippen molar-refractivity contribution in [3.8, 4) is 16.9 Å². The maximum absolute atomic E-state index is 12.4. The first-order valence-corrected chi connectivity index (χ1v) is 8.31. The van der Waals surface area contributed by atoms with Gasteiger partial charge in [-0.2, -0.15) is 0 Å². The van der Waals surface area contributed by atoms with Crippen LogP contribution in [0.1, 0.15) is 15.9 Å². The van der Waals surface area contributed by atoms with Crippen LogP contribution in [0.4, 0.5) is 0 Å². The number of methoxy groups -OCH3 is 1. The Morgan fingerprint density at radius 3 is 2.32 bits per heavy atom. The fourth-order valence-electron chi connectivity index (χ4n) is 2.58.